The number of hydrogen-bond acceptors (Lipinski definition) is 5. The Kier molecular flexibility index (Phi) is 5.82. The lowest BCUT2D eigenvalue weighted by Crippen LogP contribution is -2.25. The van der Waals surface area contributed by atoms with E-state index in [0.717, 1.165) is 5.56 Å². The number of halogens is 1. The third-order valence-electron chi connectivity index (χ3n) is 3.92. The van der Waals surface area contributed by atoms with Crippen LogP contribution in [0.3, 0.4) is 0 Å². The van der Waals surface area contributed by atoms with E-state index >= 15 is 0 Å². The van der Waals surface area contributed by atoms with Gasteiger partial charge in [0, 0.05) is 29.5 Å². The minimum absolute atomic E-state index is 0.0472. The van der Waals surface area contributed by atoms with Gasteiger partial charge in [0.2, 0.25) is 0 Å². The third kappa shape index (κ3) is 4.48. The third-order valence-corrected chi connectivity index (χ3v) is 5.20. The Labute approximate surface area is 165 Å². The van der Waals surface area contributed by atoms with Crippen LogP contribution in [0.25, 0.3) is 10.9 Å². The number of benzene rings is 2. The molecule has 0 aliphatic rings. The van der Waals surface area contributed by atoms with Gasteiger partial charge in [-0.05, 0) is 29.7 Å². The van der Waals surface area contributed by atoms with E-state index in [9.17, 15) is 14.9 Å². The lowest BCUT2D eigenvalue weighted by Gasteiger charge is -2.15. The lowest BCUT2D eigenvalue weighted by atomic mass is 10.2. The molecule has 0 spiro atoms. The second-order valence-electron chi connectivity index (χ2n) is 6.58. The maximum Gasteiger partial charge on any atom is 0.269 e. The summed E-state index contributed by atoms with van der Waals surface area (Å²) >= 11 is 7.43. The first-order valence-electron chi connectivity index (χ1n) is 8.41. The minimum atomic E-state index is -0.418. The standard InChI is InChI=1S/C19H18ClN3O3S/c1-12(2)10-22-18(24)16-7-6-14(20)9-17(16)21-19(22)27-11-13-4-3-5-15(8-13)23(25)26/h3-9,12H,10-11H2,1-2H3. The second kappa shape index (κ2) is 8.10. The highest BCUT2D eigenvalue weighted by molar-refractivity contribution is 7.98. The van der Waals surface area contributed by atoms with E-state index in [-0.39, 0.29) is 17.2 Å². The maximum atomic E-state index is 12.9. The summed E-state index contributed by atoms with van der Waals surface area (Å²) in [5.74, 6) is 0.740. The van der Waals surface area contributed by atoms with Crippen LogP contribution in [0.15, 0.2) is 52.4 Å². The zero-order chi connectivity index (χ0) is 19.6. The average molecular weight is 404 g/mol. The highest BCUT2D eigenvalue weighted by Crippen LogP contribution is 2.25. The average Bonchev–Trinajstić information content (AvgIpc) is 2.62. The normalized spacial score (nSPS) is 11.3. The fourth-order valence-corrected chi connectivity index (χ4v) is 3.84. The number of nitrogens with zero attached hydrogens (tertiary/aromatic N) is 3. The lowest BCUT2D eigenvalue weighted by molar-refractivity contribution is -0.384. The molecule has 1 heterocycles. The van der Waals surface area contributed by atoms with Crippen molar-refractivity contribution in [3.8, 4) is 0 Å². The summed E-state index contributed by atoms with van der Waals surface area (Å²) < 4.78 is 1.67. The molecule has 0 atom stereocenters. The van der Waals surface area contributed by atoms with Crippen LogP contribution in [0, 0.1) is 16.0 Å². The fraction of sp³-hybridized carbons (Fsp3) is 0.263. The molecule has 3 rings (SSSR count). The molecule has 0 bridgehead atoms. The van der Waals surface area contributed by atoms with Crippen LogP contribution in [0.2, 0.25) is 5.02 Å². The predicted molar refractivity (Wildman–Crippen MR) is 109 cm³/mol. The molecule has 2 aromatic carbocycles. The first-order valence-corrected chi connectivity index (χ1v) is 9.77. The van der Waals surface area contributed by atoms with E-state index in [1.54, 1.807) is 28.8 Å². The summed E-state index contributed by atoms with van der Waals surface area (Å²) in [7, 11) is 0. The van der Waals surface area contributed by atoms with Gasteiger partial charge in [0.05, 0.1) is 15.8 Å². The van der Waals surface area contributed by atoms with E-state index in [1.165, 1.54) is 23.9 Å². The van der Waals surface area contributed by atoms with Crippen molar-refractivity contribution in [1.29, 1.82) is 0 Å². The monoisotopic (exact) mass is 403 g/mol. The van der Waals surface area contributed by atoms with E-state index in [1.807, 2.05) is 19.9 Å². The SMILES string of the molecule is CC(C)Cn1c(SCc2cccc([N+](=O)[O-])c2)nc2cc(Cl)ccc2c1=O. The Morgan fingerprint density at radius 2 is 2.04 bits per heavy atom. The maximum absolute atomic E-state index is 12.9. The highest BCUT2D eigenvalue weighted by Gasteiger charge is 2.14. The molecule has 0 radical (unpaired) electrons. The molecular weight excluding hydrogens is 386 g/mol. The van der Waals surface area contributed by atoms with Crippen molar-refractivity contribution in [2.45, 2.75) is 31.3 Å². The van der Waals surface area contributed by atoms with Crippen LogP contribution in [-0.4, -0.2) is 14.5 Å². The molecule has 0 saturated heterocycles. The number of nitro benzene ring substituents is 1. The quantitative estimate of drug-likeness (QED) is 0.253. The molecule has 0 N–H and O–H groups in total. The summed E-state index contributed by atoms with van der Waals surface area (Å²) in [5, 5.41) is 12.6. The number of fused-ring (bicyclic) bond motifs is 1. The van der Waals surface area contributed by atoms with Gasteiger partial charge in [0.1, 0.15) is 0 Å². The van der Waals surface area contributed by atoms with Gasteiger partial charge in [-0.3, -0.25) is 19.5 Å². The Hall–Kier alpha value is -2.38. The number of rotatable bonds is 6. The van der Waals surface area contributed by atoms with Crippen molar-refractivity contribution in [2.75, 3.05) is 0 Å². The molecule has 0 amide bonds. The van der Waals surface area contributed by atoms with Crippen LogP contribution < -0.4 is 5.56 Å². The van der Waals surface area contributed by atoms with Crippen molar-refractivity contribution >= 4 is 40.0 Å². The topological polar surface area (TPSA) is 78.0 Å². The molecule has 0 aliphatic heterocycles. The summed E-state index contributed by atoms with van der Waals surface area (Å²) in [6.45, 7) is 4.61. The van der Waals surface area contributed by atoms with Crippen LogP contribution in [0.5, 0.6) is 0 Å². The molecule has 8 heteroatoms. The van der Waals surface area contributed by atoms with Crippen molar-refractivity contribution in [3.63, 3.8) is 0 Å². The Balaban J connectivity index is 2.00. The zero-order valence-corrected chi connectivity index (χ0v) is 16.5. The van der Waals surface area contributed by atoms with E-state index < -0.39 is 4.92 Å². The van der Waals surface area contributed by atoms with Crippen molar-refractivity contribution in [2.24, 2.45) is 5.92 Å². The molecule has 0 aliphatic carbocycles. The van der Waals surface area contributed by atoms with Gasteiger partial charge in [-0.1, -0.05) is 49.3 Å². The minimum Gasteiger partial charge on any atom is -0.287 e. The Morgan fingerprint density at radius 3 is 2.74 bits per heavy atom. The van der Waals surface area contributed by atoms with Gasteiger partial charge in [-0.15, -0.1) is 0 Å². The molecule has 1 aromatic heterocycles. The van der Waals surface area contributed by atoms with E-state index in [2.05, 4.69) is 4.98 Å². The number of hydrogen-bond donors (Lipinski definition) is 0. The van der Waals surface area contributed by atoms with Crippen LogP contribution in [0.1, 0.15) is 19.4 Å². The second-order valence-corrected chi connectivity index (χ2v) is 7.96. The number of thioether (sulfide) groups is 1. The molecule has 0 fully saturated rings. The van der Waals surface area contributed by atoms with Gasteiger partial charge in [0.25, 0.3) is 11.2 Å². The first-order chi connectivity index (χ1) is 12.8. The van der Waals surface area contributed by atoms with Gasteiger partial charge in [0.15, 0.2) is 5.16 Å². The summed E-state index contributed by atoms with van der Waals surface area (Å²) in [6.07, 6.45) is 0. The summed E-state index contributed by atoms with van der Waals surface area (Å²) in [4.78, 5) is 28.1. The Bertz CT molecular complexity index is 1070. The number of non-ortho nitro benzene ring substituents is 1. The smallest absolute Gasteiger partial charge is 0.269 e. The molecule has 27 heavy (non-hydrogen) atoms. The summed E-state index contributed by atoms with van der Waals surface area (Å²) in [6, 6.07) is 11.5. The van der Waals surface area contributed by atoms with Crippen LogP contribution in [-0.2, 0) is 12.3 Å². The Morgan fingerprint density at radius 1 is 1.26 bits per heavy atom. The number of nitro groups is 1. The van der Waals surface area contributed by atoms with Crippen molar-refractivity contribution in [3.05, 3.63) is 73.5 Å². The molecule has 140 valence electrons. The first kappa shape index (κ1) is 19.4. The molecule has 0 saturated carbocycles. The fourth-order valence-electron chi connectivity index (χ4n) is 2.72. The van der Waals surface area contributed by atoms with Gasteiger partial charge >= 0.3 is 0 Å². The van der Waals surface area contributed by atoms with Crippen molar-refractivity contribution < 1.29 is 4.92 Å². The molecule has 6 nitrogen and oxygen atoms in total. The molecule has 0 unspecified atom stereocenters. The largest absolute Gasteiger partial charge is 0.287 e. The van der Waals surface area contributed by atoms with E-state index in [0.29, 0.717) is 33.4 Å². The number of aromatic nitrogens is 2. The molecule has 3 aromatic rings. The van der Waals surface area contributed by atoms with Gasteiger partial charge in [-0.25, -0.2) is 4.98 Å². The highest BCUT2D eigenvalue weighted by atomic mass is 35.5. The summed E-state index contributed by atoms with van der Waals surface area (Å²) in [5.41, 5.74) is 1.29. The van der Waals surface area contributed by atoms with Gasteiger partial charge in [-0.2, -0.15) is 0 Å². The predicted octanol–water partition coefficient (Wildman–Crippen LogP) is 4.91. The van der Waals surface area contributed by atoms with Crippen LogP contribution >= 0.6 is 23.4 Å². The van der Waals surface area contributed by atoms with Crippen molar-refractivity contribution in [1.82, 2.24) is 9.55 Å². The van der Waals surface area contributed by atoms with E-state index in [4.69, 9.17) is 11.6 Å². The van der Waals surface area contributed by atoms with Gasteiger partial charge < -0.3 is 0 Å². The molecular formula is C19H18ClN3O3S. The van der Waals surface area contributed by atoms with Crippen LogP contribution in [0.4, 0.5) is 5.69 Å². The zero-order valence-electron chi connectivity index (χ0n) is 14.9.